The quantitative estimate of drug-likeness (QED) is 0.349. The van der Waals surface area contributed by atoms with Gasteiger partial charge in [-0.2, -0.15) is 0 Å². The third kappa shape index (κ3) is 6.82. The van der Waals surface area contributed by atoms with Crippen molar-refractivity contribution in [2.24, 2.45) is 16.8 Å². The van der Waals surface area contributed by atoms with E-state index in [1.165, 1.54) is 25.7 Å². The van der Waals surface area contributed by atoms with Gasteiger partial charge in [0.05, 0.1) is 0 Å². The Labute approximate surface area is 153 Å². The van der Waals surface area contributed by atoms with Crippen LogP contribution in [0.15, 0.2) is 17.1 Å². The van der Waals surface area contributed by atoms with Gasteiger partial charge in [0.2, 0.25) is 0 Å². The molecule has 25 heavy (non-hydrogen) atoms. The van der Waals surface area contributed by atoms with E-state index in [0.29, 0.717) is 30.7 Å². The zero-order valence-corrected chi connectivity index (χ0v) is 17.0. The second-order valence-electron chi connectivity index (χ2n) is 9.15. The first kappa shape index (κ1) is 20.6. The first-order chi connectivity index (χ1) is 11.6. The molecule has 1 saturated carbocycles. The maximum atomic E-state index is 13.8. The van der Waals surface area contributed by atoms with E-state index in [0.717, 1.165) is 5.71 Å². The summed E-state index contributed by atoms with van der Waals surface area (Å²) >= 11 is 0. The van der Waals surface area contributed by atoms with Crippen LogP contribution >= 0.6 is 0 Å². The highest BCUT2D eigenvalue weighted by atomic mass is 19.1. The van der Waals surface area contributed by atoms with Crippen LogP contribution < -0.4 is 10.6 Å². The molecule has 1 fully saturated rings. The fourth-order valence-electron chi connectivity index (χ4n) is 3.64. The van der Waals surface area contributed by atoms with Crippen LogP contribution in [0.5, 0.6) is 0 Å². The Bertz CT molecular complexity index is 486. The summed E-state index contributed by atoms with van der Waals surface area (Å²) in [6.07, 6.45) is 10.9. The first-order valence-corrected chi connectivity index (χ1v) is 10.0. The molecule has 2 N–H and O–H groups in total. The number of nitrogens with one attached hydrogen (secondary N) is 2. The molecule has 0 aromatic rings. The third-order valence-corrected chi connectivity index (χ3v) is 5.45. The lowest BCUT2D eigenvalue weighted by Gasteiger charge is -2.33. The van der Waals surface area contributed by atoms with Gasteiger partial charge in [-0.15, -0.1) is 0 Å². The molecule has 3 atom stereocenters. The van der Waals surface area contributed by atoms with Crippen LogP contribution in [0.3, 0.4) is 0 Å². The van der Waals surface area contributed by atoms with Crippen molar-refractivity contribution in [3.63, 3.8) is 0 Å². The van der Waals surface area contributed by atoms with E-state index >= 15 is 0 Å². The maximum Gasteiger partial charge on any atom is 0.154 e. The van der Waals surface area contributed by atoms with Gasteiger partial charge in [-0.05, 0) is 85.0 Å². The molecule has 0 radical (unpaired) electrons. The van der Waals surface area contributed by atoms with Crippen molar-refractivity contribution in [1.82, 2.24) is 10.6 Å². The van der Waals surface area contributed by atoms with Gasteiger partial charge in [-0.3, -0.25) is 15.6 Å². The predicted octanol–water partition coefficient (Wildman–Crippen LogP) is 4.98. The second kappa shape index (κ2) is 8.30. The lowest BCUT2D eigenvalue weighted by molar-refractivity contribution is 0.205. The number of nitrogens with zero attached hydrogens (tertiary/aromatic N) is 1. The number of alkyl halides is 1. The van der Waals surface area contributed by atoms with E-state index in [1.807, 2.05) is 6.92 Å². The van der Waals surface area contributed by atoms with Gasteiger partial charge in [-0.1, -0.05) is 19.1 Å². The molecule has 3 nitrogen and oxygen atoms in total. The fourth-order valence-corrected chi connectivity index (χ4v) is 3.64. The summed E-state index contributed by atoms with van der Waals surface area (Å²) in [6.45, 7) is 11.9. The molecule has 0 saturated heterocycles. The van der Waals surface area contributed by atoms with Crippen molar-refractivity contribution in [3.8, 4) is 0 Å². The zero-order chi connectivity index (χ0) is 18.7. The molecule has 0 heterocycles. The van der Waals surface area contributed by atoms with Gasteiger partial charge in [0.1, 0.15) is 5.67 Å². The summed E-state index contributed by atoms with van der Waals surface area (Å²) in [5, 5.41) is 7.34. The molecule has 0 amide bonds. The number of hydrogen-bond acceptors (Lipinski definition) is 3. The van der Waals surface area contributed by atoms with Gasteiger partial charge in [0, 0.05) is 17.3 Å². The van der Waals surface area contributed by atoms with Gasteiger partial charge in [-0.25, -0.2) is 4.39 Å². The molecule has 0 spiro atoms. The first-order valence-electron chi connectivity index (χ1n) is 10.0. The van der Waals surface area contributed by atoms with Crippen molar-refractivity contribution in [3.05, 3.63) is 12.2 Å². The number of hydrogen-bond donors (Lipinski definition) is 2. The highest BCUT2D eigenvalue weighted by Gasteiger charge is 2.49. The molecule has 0 aliphatic heterocycles. The SMILES string of the molecule is C/C(CCC(C)(C)F)=N\C(NC(C)C)NC1([C@H]2C=C[C@@H](C)CC2)CC1. The smallest absolute Gasteiger partial charge is 0.154 e. The molecule has 4 heteroatoms. The summed E-state index contributed by atoms with van der Waals surface area (Å²) in [5.74, 6) is 1.32. The van der Waals surface area contributed by atoms with Crippen LogP contribution in [-0.4, -0.2) is 29.3 Å². The van der Waals surface area contributed by atoms with Crippen molar-refractivity contribution >= 4 is 5.71 Å². The molecule has 0 aromatic carbocycles. The lowest BCUT2D eigenvalue weighted by Crippen LogP contribution is -2.52. The van der Waals surface area contributed by atoms with E-state index < -0.39 is 5.67 Å². The molecule has 1 unspecified atom stereocenters. The number of halogens is 1. The van der Waals surface area contributed by atoms with Crippen molar-refractivity contribution < 1.29 is 4.39 Å². The Hall–Kier alpha value is -0.740. The molecule has 0 aromatic heterocycles. The normalized spacial score (nSPS) is 27.6. The van der Waals surface area contributed by atoms with Crippen LogP contribution in [0.1, 0.15) is 80.1 Å². The third-order valence-electron chi connectivity index (χ3n) is 5.45. The Balaban J connectivity index is 2.01. The standard InChI is InChI=1S/C21H38FN3/c1-15(2)23-19(24-17(4)11-12-20(5,6)22)25-21(13-14-21)18-9-7-16(3)8-10-18/h7,9,15-16,18-19,23,25H,8,10-14H2,1-6H3/b24-17+/t16-,18+,19?/m1/s1. The molecule has 2 aliphatic carbocycles. The van der Waals surface area contributed by atoms with Gasteiger partial charge < -0.3 is 0 Å². The van der Waals surface area contributed by atoms with E-state index in [9.17, 15) is 4.39 Å². The summed E-state index contributed by atoms with van der Waals surface area (Å²) < 4.78 is 13.8. The monoisotopic (exact) mass is 351 g/mol. The van der Waals surface area contributed by atoms with Crippen LogP contribution in [0.4, 0.5) is 4.39 Å². The average Bonchev–Trinajstić information content (AvgIpc) is 3.25. The Kier molecular flexibility index (Phi) is 6.83. The molecule has 0 bridgehead atoms. The van der Waals surface area contributed by atoms with Crippen molar-refractivity contribution in [2.75, 3.05) is 0 Å². The van der Waals surface area contributed by atoms with E-state index in [-0.39, 0.29) is 11.8 Å². The highest BCUT2D eigenvalue weighted by Crippen LogP contribution is 2.47. The summed E-state index contributed by atoms with van der Waals surface area (Å²) in [6, 6.07) is 0.351. The predicted molar refractivity (Wildman–Crippen MR) is 106 cm³/mol. The van der Waals surface area contributed by atoms with E-state index in [2.05, 4.69) is 43.6 Å². The Morgan fingerprint density at radius 1 is 1.28 bits per heavy atom. The molecule has 144 valence electrons. The Morgan fingerprint density at radius 2 is 1.96 bits per heavy atom. The topological polar surface area (TPSA) is 36.4 Å². The maximum absolute atomic E-state index is 13.8. The Morgan fingerprint density at radius 3 is 2.44 bits per heavy atom. The van der Waals surface area contributed by atoms with Gasteiger partial charge >= 0.3 is 0 Å². The molecular weight excluding hydrogens is 313 g/mol. The number of aliphatic imine (C=N–C) groups is 1. The minimum absolute atomic E-state index is 0.0852. The van der Waals surface area contributed by atoms with E-state index in [4.69, 9.17) is 4.99 Å². The number of rotatable bonds is 9. The largest absolute Gasteiger partial charge is 0.281 e. The average molecular weight is 352 g/mol. The van der Waals surface area contributed by atoms with E-state index in [1.54, 1.807) is 13.8 Å². The van der Waals surface area contributed by atoms with Crippen molar-refractivity contribution in [1.29, 1.82) is 0 Å². The minimum Gasteiger partial charge on any atom is -0.281 e. The molecule has 2 aliphatic rings. The summed E-state index contributed by atoms with van der Waals surface area (Å²) in [7, 11) is 0. The second-order valence-corrected chi connectivity index (χ2v) is 9.15. The van der Waals surface area contributed by atoms with Crippen LogP contribution in [-0.2, 0) is 0 Å². The van der Waals surface area contributed by atoms with Crippen LogP contribution in [0.2, 0.25) is 0 Å². The molecule has 2 rings (SSSR count). The summed E-state index contributed by atoms with van der Waals surface area (Å²) in [4.78, 5) is 4.86. The lowest BCUT2D eigenvalue weighted by atomic mass is 9.83. The fraction of sp³-hybridized carbons (Fsp3) is 0.857. The highest BCUT2D eigenvalue weighted by molar-refractivity contribution is 5.82. The van der Waals surface area contributed by atoms with Crippen LogP contribution in [0, 0.1) is 11.8 Å². The number of allylic oxidation sites excluding steroid dienone is 1. The van der Waals surface area contributed by atoms with Gasteiger partial charge in [0.25, 0.3) is 0 Å². The van der Waals surface area contributed by atoms with Gasteiger partial charge in [0.15, 0.2) is 6.29 Å². The summed E-state index contributed by atoms with van der Waals surface area (Å²) in [5.41, 5.74) is 0.0821. The molecular formula is C21H38FN3. The zero-order valence-electron chi connectivity index (χ0n) is 17.0. The van der Waals surface area contributed by atoms with Crippen LogP contribution in [0.25, 0.3) is 0 Å². The minimum atomic E-state index is -1.13. The van der Waals surface area contributed by atoms with Crippen molar-refractivity contribution in [2.45, 2.75) is 104 Å².